The number of rotatable bonds is 6. The first-order valence-electron chi connectivity index (χ1n) is 7.55. The van der Waals surface area contributed by atoms with Crippen molar-refractivity contribution < 1.29 is 19.1 Å². The van der Waals surface area contributed by atoms with Crippen LogP contribution < -0.4 is 5.32 Å². The maximum Gasteiger partial charge on any atom is 0.303 e. The first-order valence-corrected chi connectivity index (χ1v) is 7.55. The lowest BCUT2D eigenvalue weighted by Gasteiger charge is -2.35. The summed E-state index contributed by atoms with van der Waals surface area (Å²) in [5.74, 6) is -0.204. The summed E-state index contributed by atoms with van der Waals surface area (Å²) in [6, 6.07) is 3.40. The molecule has 1 amide bonds. The normalized spacial score (nSPS) is 18.9. The molecule has 2 rings (SSSR count). The van der Waals surface area contributed by atoms with Crippen molar-refractivity contribution in [2.45, 2.75) is 57.9 Å². The highest BCUT2D eigenvalue weighted by Crippen LogP contribution is 2.42. The molecule has 116 valence electrons. The van der Waals surface area contributed by atoms with Gasteiger partial charge in [-0.25, -0.2) is 0 Å². The van der Waals surface area contributed by atoms with Gasteiger partial charge in [-0.1, -0.05) is 19.3 Å². The van der Waals surface area contributed by atoms with E-state index in [9.17, 15) is 9.59 Å². The van der Waals surface area contributed by atoms with Crippen molar-refractivity contribution in [3.8, 4) is 0 Å². The Labute approximate surface area is 124 Å². The maximum atomic E-state index is 12.3. The molecule has 1 atom stereocenters. The van der Waals surface area contributed by atoms with Crippen LogP contribution in [0.25, 0.3) is 0 Å². The molecule has 1 aromatic heterocycles. The molecule has 5 nitrogen and oxygen atoms in total. The van der Waals surface area contributed by atoms with Crippen LogP contribution in [0.5, 0.6) is 0 Å². The second kappa shape index (κ2) is 6.78. The van der Waals surface area contributed by atoms with Gasteiger partial charge in [-0.2, -0.15) is 0 Å². The van der Waals surface area contributed by atoms with Crippen LogP contribution in [0.15, 0.2) is 22.8 Å². The Morgan fingerprint density at radius 1 is 1.33 bits per heavy atom. The summed E-state index contributed by atoms with van der Waals surface area (Å²) >= 11 is 0. The van der Waals surface area contributed by atoms with Crippen molar-refractivity contribution >= 4 is 11.9 Å². The predicted octanol–water partition coefficient (Wildman–Crippen LogP) is 3.27. The molecule has 0 radical (unpaired) electrons. The molecule has 1 aliphatic rings. The number of amides is 1. The van der Waals surface area contributed by atoms with Gasteiger partial charge in [0.15, 0.2) is 0 Å². The van der Waals surface area contributed by atoms with E-state index in [2.05, 4.69) is 5.32 Å². The van der Waals surface area contributed by atoms with Crippen LogP contribution in [0.2, 0.25) is 0 Å². The molecule has 1 aromatic rings. The Bertz CT molecular complexity index is 474. The topological polar surface area (TPSA) is 79.5 Å². The first-order chi connectivity index (χ1) is 10.0. The molecule has 2 N–H and O–H groups in total. The Balaban J connectivity index is 1.96. The average molecular weight is 293 g/mol. The third kappa shape index (κ3) is 4.34. The van der Waals surface area contributed by atoms with Crippen LogP contribution in [0, 0.1) is 5.41 Å². The Morgan fingerprint density at radius 3 is 2.62 bits per heavy atom. The van der Waals surface area contributed by atoms with E-state index in [1.807, 2.05) is 13.0 Å². The molecular weight excluding hydrogens is 270 g/mol. The van der Waals surface area contributed by atoms with E-state index in [-0.39, 0.29) is 30.2 Å². The molecule has 1 heterocycles. The largest absolute Gasteiger partial charge is 0.481 e. The lowest BCUT2D eigenvalue weighted by Crippen LogP contribution is -2.36. The molecule has 1 saturated carbocycles. The van der Waals surface area contributed by atoms with Crippen LogP contribution in [0.4, 0.5) is 0 Å². The molecule has 0 aliphatic heterocycles. The predicted molar refractivity (Wildman–Crippen MR) is 77.7 cm³/mol. The fourth-order valence-electron chi connectivity index (χ4n) is 3.28. The number of hydrogen-bond acceptors (Lipinski definition) is 3. The summed E-state index contributed by atoms with van der Waals surface area (Å²) in [7, 11) is 0. The zero-order valence-electron chi connectivity index (χ0n) is 12.4. The van der Waals surface area contributed by atoms with E-state index >= 15 is 0 Å². The number of carbonyl (C=O) groups excluding carboxylic acids is 1. The third-order valence-corrected chi connectivity index (χ3v) is 4.32. The highest BCUT2D eigenvalue weighted by molar-refractivity contribution is 5.78. The Morgan fingerprint density at radius 2 is 2.05 bits per heavy atom. The number of nitrogens with one attached hydrogen (secondary N) is 1. The van der Waals surface area contributed by atoms with Gasteiger partial charge in [0.05, 0.1) is 18.7 Å². The molecule has 21 heavy (non-hydrogen) atoms. The van der Waals surface area contributed by atoms with Gasteiger partial charge < -0.3 is 14.8 Å². The zero-order chi connectivity index (χ0) is 15.3. The maximum absolute atomic E-state index is 12.3. The van der Waals surface area contributed by atoms with Crippen molar-refractivity contribution in [2.75, 3.05) is 0 Å². The quantitative estimate of drug-likeness (QED) is 0.843. The third-order valence-electron chi connectivity index (χ3n) is 4.32. The highest BCUT2D eigenvalue weighted by Gasteiger charge is 2.36. The van der Waals surface area contributed by atoms with Gasteiger partial charge in [0.2, 0.25) is 5.91 Å². The molecular formula is C16H23NO4. The number of carbonyl (C=O) groups is 2. The molecule has 0 bridgehead atoms. The summed E-state index contributed by atoms with van der Waals surface area (Å²) in [5.41, 5.74) is -0.378. The van der Waals surface area contributed by atoms with Crippen molar-refractivity contribution in [2.24, 2.45) is 5.41 Å². The number of aliphatic carboxylic acids is 1. The van der Waals surface area contributed by atoms with Gasteiger partial charge in [-0.3, -0.25) is 9.59 Å². The van der Waals surface area contributed by atoms with E-state index < -0.39 is 5.97 Å². The second-order valence-electron chi connectivity index (χ2n) is 6.11. The highest BCUT2D eigenvalue weighted by atomic mass is 16.4. The van der Waals surface area contributed by atoms with Gasteiger partial charge >= 0.3 is 5.97 Å². The van der Waals surface area contributed by atoms with Gasteiger partial charge in [-0.15, -0.1) is 0 Å². The molecule has 0 saturated heterocycles. The van der Waals surface area contributed by atoms with Crippen LogP contribution in [0.3, 0.4) is 0 Å². The standard InChI is InChI=1S/C16H23NO4/c1-12(13-6-5-9-21-13)17-14(18)10-16(11-15(19)20)7-3-2-4-8-16/h5-6,9,12H,2-4,7-8,10-11H2,1H3,(H,17,18)(H,19,20). The number of carboxylic acid groups (broad SMARTS) is 1. The van der Waals surface area contributed by atoms with Crippen molar-refractivity contribution in [3.63, 3.8) is 0 Å². The summed E-state index contributed by atoms with van der Waals surface area (Å²) in [6.45, 7) is 1.86. The summed E-state index contributed by atoms with van der Waals surface area (Å²) in [5, 5.41) is 12.0. The minimum atomic E-state index is -0.816. The molecule has 5 heteroatoms. The van der Waals surface area contributed by atoms with Crippen molar-refractivity contribution in [1.29, 1.82) is 0 Å². The van der Waals surface area contributed by atoms with Gasteiger partial charge in [0.1, 0.15) is 5.76 Å². The fourth-order valence-corrected chi connectivity index (χ4v) is 3.28. The number of hydrogen-bond donors (Lipinski definition) is 2. The van der Waals surface area contributed by atoms with E-state index in [1.165, 1.54) is 0 Å². The molecule has 1 aliphatic carbocycles. The van der Waals surface area contributed by atoms with E-state index in [0.717, 1.165) is 32.1 Å². The van der Waals surface area contributed by atoms with Crippen molar-refractivity contribution in [3.05, 3.63) is 24.2 Å². The number of carboxylic acids is 1. The van der Waals surface area contributed by atoms with Crippen molar-refractivity contribution in [1.82, 2.24) is 5.32 Å². The summed E-state index contributed by atoms with van der Waals surface area (Å²) in [6.07, 6.45) is 6.73. The van der Waals surface area contributed by atoms with Gasteiger partial charge in [-0.05, 0) is 37.3 Å². The minimum Gasteiger partial charge on any atom is -0.481 e. The lowest BCUT2D eigenvalue weighted by molar-refractivity contribution is -0.141. The lowest BCUT2D eigenvalue weighted by atomic mass is 9.69. The molecule has 0 aromatic carbocycles. The molecule has 0 spiro atoms. The monoisotopic (exact) mass is 293 g/mol. The zero-order valence-corrected chi connectivity index (χ0v) is 12.4. The number of furan rings is 1. The van der Waals surface area contributed by atoms with E-state index in [4.69, 9.17) is 9.52 Å². The molecule has 1 unspecified atom stereocenters. The van der Waals surface area contributed by atoms with Crippen LogP contribution in [0.1, 0.15) is 63.7 Å². The SMILES string of the molecule is CC(NC(=O)CC1(CC(=O)O)CCCCC1)c1ccco1. The van der Waals surface area contributed by atoms with E-state index in [1.54, 1.807) is 12.3 Å². The second-order valence-corrected chi connectivity index (χ2v) is 6.11. The Hall–Kier alpha value is -1.78. The summed E-state index contributed by atoms with van der Waals surface area (Å²) in [4.78, 5) is 23.4. The first kappa shape index (κ1) is 15.6. The average Bonchev–Trinajstić information content (AvgIpc) is 2.92. The minimum absolute atomic E-state index is 0.0789. The smallest absolute Gasteiger partial charge is 0.303 e. The fraction of sp³-hybridized carbons (Fsp3) is 0.625. The van der Waals surface area contributed by atoms with Crippen LogP contribution >= 0.6 is 0 Å². The van der Waals surface area contributed by atoms with Crippen LogP contribution in [-0.2, 0) is 9.59 Å². The Kier molecular flexibility index (Phi) is 5.04. The van der Waals surface area contributed by atoms with Crippen LogP contribution in [-0.4, -0.2) is 17.0 Å². The van der Waals surface area contributed by atoms with E-state index in [0.29, 0.717) is 5.76 Å². The van der Waals surface area contributed by atoms with Gasteiger partial charge in [0.25, 0.3) is 0 Å². The molecule has 1 fully saturated rings. The summed E-state index contributed by atoms with van der Waals surface area (Å²) < 4.78 is 5.27. The van der Waals surface area contributed by atoms with Gasteiger partial charge in [0, 0.05) is 6.42 Å².